The molecule has 0 spiro atoms. The van der Waals surface area contributed by atoms with Crippen molar-refractivity contribution < 1.29 is 4.39 Å². The third kappa shape index (κ3) is 2.52. The molecule has 0 amide bonds. The number of nitrogens with zero attached hydrogens (tertiary/aromatic N) is 2. The molecule has 0 saturated carbocycles. The van der Waals surface area contributed by atoms with Gasteiger partial charge in [0.05, 0.1) is 5.69 Å². The van der Waals surface area contributed by atoms with Crippen LogP contribution in [0.4, 0.5) is 4.39 Å². The lowest BCUT2D eigenvalue weighted by Gasteiger charge is -2.13. The SMILES string of the molecule is CC(NCc1cn2ccsc2n1)c1ccccc1F. The molecule has 1 N–H and O–H groups in total. The molecule has 19 heavy (non-hydrogen) atoms. The molecule has 2 heterocycles. The molecule has 0 aliphatic heterocycles. The summed E-state index contributed by atoms with van der Waals surface area (Å²) in [5, 5.41) is 5.30. The molecule has 3 rings (SSSR count). The number of aromatic nitrogens is 2. The van der Waals surface area contributed by atoms with Crippen molar-refractivity contribution in [2.75, 3.05) is 0 Å². The maximum atomic E-state index is 13.6. The maximum Gasteiger partial charge on any atom is 0.193 e. The molecule has 0 fully saturated rings. The molecule has 1 unspecified atom stereocenters. The summed E-state index contributed by atoms with van der Waals surface area (Å²) >= 11 is 1.61. The maximum absolute atomic E-state index is 13.6. The minimum atomic E-state index is -0.173. The van der Waals surface area contributed by atoms with Gasteiger partial charge in [0.25, 0.3) is 0 Å². The monoisotopic (exact) mass is 275 g/mol. The van der Waals surface area contributed by atoms with Crippen LogP contribution in [0.15, 0.2) is 42.0 Å². The van der Waals surface area contributed by atoms with Crippen molar-refractivity contribution in [2.45, 2.75) is 19.5 Å². The normalized spacial score (nSPS) is 12.9. The Hall–Kier alpha value is -1.72. The highest BCUT2D eigenvalue weighted by atomic mass is 32.1. The van der Waals surface area contributed by atoms with Crippen LogP contribution in [0.2, 0.25) is 0 Å². The second kappa shape index (κ2) is 5.11. The van der Waals surface area contributed by atoms with Gasteiger partial charge in [-0.1, -0.05) is 18.2 Å². The van der Waals surface area contributed by atoms with Gasteiger partial charge in [0.15, 0.2) is 4.96 Å². The summed E-state index contributed by atoms with van der Waals surface area (Å²) < 4.78 is 15.6. The smallest absolute Gasteiger partial charge is 0.193 e. The molecule has 0 bridgehead atoms. The van der Waals surface area contributed by atoms with Gasteiger partial charge in [-0.2, -0.15) is 0 Å². The molecule has 5 heteroatoms. The highest BCUT2D eigenvalue weighted by Gasteiger charge is 2.10. The Morgan fingerprint density at radius 1 is 1.42 bits per heavy atom. The number of thiazole rings is 1. The van der Waals surface area contributed by atoms with E-state index in [1.54, 1.807) is 23.5 Å². The van der Waals surface area contributed by atoms with Crippen molar-refractivity contribution in [1.82, 2.24) is 14.7 Å². The van der Waals surface area contributed by atoms with Crippen LogP contribution in [0.1, 0.15) is 24.2 Å². The van der Waals surface area contributed by atoms with Gasteiger partial charge in [0, 0.05) is 35.9 Å². The zero-order chi connectivity index (χ0) is 13.2. The number of fused-ring (bicyclic) bond motifs is 1. The molecule has 1 aromatic carbocycles. The minimum absolute atomic E-state index is 0.0408. The lowest BCUT2D eigenvalue weighted by Crippen LogP contribution is -2.19. The molecule has 3 aromatic rings. The van der Waals surface area contributed by atoms with Crippen molar-refractivity contribution >= 4 is 16.3 Å². The first-order valence-corrected chi connectivity index (χ1v) is 7.01. The van der Waals surface area contributed by atoms with Gasteiger partial charge in [-0.25, -0.2) is 9.37 Å². The number of nitrogens with one attached hydrogen (secondary N) is 1. The van der Waals surface area contributed by atoms with Crippen LogP contribution >= 0.6 is 11.3 Å². The van der Waals surface area contributed by atoms with E-state index in [2.05, 4.69) is 10.3 Å². The van der Waals surface area contributed by atoms with Crippen LogP contribution < -0.4 is 5.32 Å². The number of rotatable bonds is 4. The number of hydrogen-bond donors (Lipinski definition) is 1. The third-order valence-corrected chi connectivity index (χ3v) is 3.87. The summed E-state index contributed by atoms with van der Waals surface area (Å²) in [6.07, 6.45) is 3.98. The molecular weight excluding hydrogens is 261 g/mol. The fourth-order valence-electron chi connectivity index (χ4n) is 2.06. The van der Waals surface area contributed by atoms with Crippen LogP contribution in [0, 0.1) is 5.82 Å². The Morgan fingerprint density at radius 2 is 2.26 bits per heavy atom. The Balaban J connectivity index is 1.69. The van der Waals surface area contributed by atoms with E-state index >= 15 is 0 Å². The highest BCUT2D eigenvalue weighted by molar-refractivity contribution is 7.15. The van der Waals surface area contributed by atoms with Crippen LogP contribution in [-0.4, -0.2) is 9.38 Å². The van der Waals surface area contributed by atoms with Gasteiger partial charge in [0.2, 0.25) is 0 Å². The lowest BCUT2D eigenvalue weighted by atomic mass is 10.1. The first-order chi connectivity index (χ1) is 9.24. The zero-order valence-electron chi connectivity index (χ0n) is 10.5. The second-order valence-electron chi connectivity index (χ2n) is 4.45. The number of hydrogen-bond acceptors (Lipinski definition) is 3. The van der Waals surface area contributed by atoms with Crippen molar-refractivity contribution in [3.8, 4) is 0 Å². The van der Waals surface area contributed by atoms with E-state index < -0.39 is 0 Å². The fraction of sp³-hybridized carbons (Fsp3) is 0.214. The summed E-state index contributed by atoms with van der Waals surface area (Å²) in [6, 6.07) is 6.80. The van der Waals surface area contributed by atoms with E-state index in [-0.39, 0.29) is 11.9 Å². The molecule has 0 aliphatic carbocycles. The Kier molecular flexibility index (Phi) is 3.31. The predicted octanol–water partition coefficient (Wildman–Crippen LogP) is 3.39. The van der Waals surface area contributed by atoms with E-state index in [1.165, 1.54) is 6.07 Å². The van der Waals surface area contributed by atoms with Gasteiger partial charge < -0.3 is 5.32 Å². The Morgan fingerprint density at radius 3 is 3.05 bits per heavy atom. The van der Waals surface area contributed by atoms with Gasteiger partial charge >= 0.3 is 0 Å². The van der Waals surface area contributed by atoms with E-state index in [0.717, 1.165) is 10.7 Å². The van der Waals surface area contributed by atoms with Crippen LogP contribution in [-0.2, 0) is 6.54 Å². The quantitative estimate of drug-likeness (QED) is 0.791. The minimum Gasteiger partial charge on any atom is -0.304 e. The van der Waals surface area contributed by atoms with Crippen molar-refractivity contribution in [2.24, 2.45) is 0 Å². The van der Waals surface area contributed by atoms with Gasteiger partial charge in [-0.15, -0.1) is 11.3 Å². The number of halogens is 1. The lowest BCUT2D eigenvalue weighted by molar-refractivity contribution is 0.525. The van der Waals surface area contributed by atoms with E-state index in [1.807, 2.05) is 35.2 Å². The van der Waals surface area contributed by atoms with Gasteiger partial charge in [-0.3, -0.25) is 4.40 Å². The third-order valence-electron chi connectivity index (χ3n) is 3.10. The molecule has 98 valence electrons. The van der Waals surface area contributed by atoms with E-state index in [0.29, 0.717) is 12.1 Å². The molecule has 2 aromatic heterocycles. The van der Waals surface area contributed by atoms with Crippen molar-refractivity contribution in [3.63, 3.8) is 0 Å². The predicted molar refractivity (Wildman–Crippen MR) is 74.7 cm³/mol. The fourth-order valence-corrected chi connectivity index (χ4v) is 2.77. The van der Waals surface area contributed by atoms with E-state index in [9.17, 15) is 4.39 Å². The van der Waals surface area contributed by atoms with Crippen LogP contribution in [0.25, 0.3) is 4.96 Å². The molecule has 1 atom stereocenters. The first-order valence-electron chi connectivity index (χ1n) is 6.13. The van der Waals surface area contributed by atoms with Crippen LogP contribution in [0.5, 0.6) is 0 Å². The summed E-state index contributed by atoms with van der Waals surface area (Å²) in [4.78, 5) is 5.47. The Bertz CT molecular complexity index is 660. The average Bonchev–Trinajstić information content (AvgIpc) is 2.97. The van der Waals surface area contributed by atoms with Crippen molar-refractivity contribution in [1.29, 1.82) is 0 Å². The average molecular weight is 275 g/mol. The summed E-state index contributed by atoms with van der Waals surface area (Å²) in [7, 11) is 0. The number of imidazole rings is 1. The summed E-state index contributed by atoms with van der Waals surface area (Å²) in [6.45, 7) is 2.58. The van der Waals surface area contributed by atoms with Crippen LogP contribution in [0.3, 0.4) is 0 Å². The molecule has 0 radical (unpaired) electrons. The first kappa shape index (κ1) is 12.3. The van der Waals surface area contributed by atoms with Crippen molar-refractivity contribution in [3.05, 3.63) is 59.1 Å². The topological polar surface area (TPSA) is 29.3 Å². The summed E-state index contributed by atoms with van der Waals surface area (Å²) in [5.41, 5.74) is 1.65. The standard InChI is InChI=1S/C14H14FN3S/c1-10(12-4-2-3-5-13(12)15)16-8-11-9-18-6-7-19-14(18)17-11/h2-7,9-10,16H,8H2,1H3. The molecule has 0 saturated heterocycles. The van der Waals surface area contributed by atoms with Gasteiger partial charge in [0.1, 0.15) is 5.82 Å². The largest absolute Gasteiger partial charge is 0.304 e. The molecule has 0 aliphatic rings. The highest BCUT2D eigenvalue weighted by Crippen LogP contribution is 2.17. The Labute approximate surface area is 114 Å². The summed E-state index contributed by atoms with van der Waals surface area (Å²) in [5.74, 6) is -0.173. The van der Waals surface area contributed by atoms with Gasteiger partial charge in [-0.05, 0) is 13.0 Å². The molecular formula is C14H14FN3S. The second-order valence-corrected chi connectivity index (χ2v) is 5.32. The molecule has 3 nitrogen and oxygen atoms in total. The zero-order valence-corrected chi connectivity index (χ0v) is 11.3. The van der Waals surface area contributed by atoms with E-state index in [4.69, 9.17) is 0 Å². The number of benzene rings is 1.